The highest BCUT2D eigenvalue weighted by molar-refractivity contribution is 5.22. The molecule has 1 rings (SSSR count). The van der Waals surface area contributed by atoms with Crippen LogP contribution in [0.2, 0.25) is 0 Å². The maximum absolute atomic E-state index is 3.45. The van der Waals surface area contributed by atoms with Gasteiger partial charge in [-0.1, -0.05) is 44.5 Å². The third-order valence-corrected chi connectivity index (χ3v) is 3.06. The van der Waals surface area contributed by atoms with Crippen molar-refractivity contribution in [2.45, 2.75) is 52.4 Å². The van der Waals surface area contributed by atoms with Crippen LogP contribution in [0.5, 0.6) is 0 Å². The van der Waals surface area contributed by atoms with E-state index in [0.717, 1.165) is 6.54 Å². The van der Waals surface area contributed by atoms with Crippen molar-refractivity contribution in [1.29, 1.82) is 0 Å². The normalized spacial score (nSPS) is 10.7. The Morgan fingerprint density at radius 3 is 2.00 bits per heavy atom. The minimum absolute atomic E-state index is 1.16. The molecule has 0 fully saturated rings. The van der Waals surface area contributed by atoms with Gasteiger partial charge in [0.05, 0.1) is 0 Å². The van der Waals surface area contributed by atoms with Gasteiger partial charge in [-0.2, -0.15) is 0 Å². The zero-order valence-corrected chi connectivity index (χ0v) is 11.5. The van der Waals surface area contributed by atoms with Crippen LogP contribution in [-0.4, -0.2) is 13.1 Å². The molecule has 0 spiro atoms. The lowest BCUT2D eigenvalue weighted by molar-refractivity contribution is 0.617. The summed E-state index contributed by atoms with van der Waals surface area (Å²) >= 11 is 0. The Morgan fingerprint density at radius 2 is 1.41 bits per heavy atom. The van der Waals surface area contributed by atoms with Gasteiger partial charge < -0.3 is 5.32 Å². The minimum Gasteiger partial charge on any atom is -0.317 e. The van der Waals surface area contributed by atoms with Crippen LogP contribution in [0.4, 0.5) is 0 Å². The molecule has 1 nitrogen and oxygen atoms in total. The number of benzene rings is 1. The lowest BCUT2D eigenvalue weighted by atomic mass is 10.0. The van der Waals surface area contributed by atoms with Gasteiger partial charge in [0.2, 0.25) is 0 Å². The molecular weight excluding hydrogens is 206 g/mol. The average molecular weight is 233 g/mol. The van der Waals surface area contributed by atoms with Gasteiger partial charge in [-0.3, -0.25) is 0 Å². The van der Waals surface area contributed by atoms with Gasteiger partial charge in [0.25, 0.3) is 0 Å². The van der Waals surface area contributed by atoms with Crippen LogP contribution in [0.3, 0.4) is 0 Å². The molecule has 0 bridgehead atoms. The smallest absolute Gasteiger partial charge is 0.00488 e. The van der Waals surface area contributed by atoms with Gasteiger partial charge in [0.15, 0.2) is 0 Å². The molecule has 0 aliphatic carbocycles. The first-order valence-electron chi connectivity index (χ1n) is 7.15. The second kappa shape index (κ2) is 9.23. The van der Waals surface area contributed by atoms with Crippen molar-refractivity contribution in [1.82, 2.24) is 5.32 Å². The highest BCUT2D eigenvalue weighted by Gasteiger charge is 1.95. The van der Waals surface area contributed by atoms with Gasteiger partial charge in [-0.25, -0.2) is 0 Å². The van der Waals surface area contributed by atoms with E-state index in [0.29, 0.717) is 0 Å². The van der Waals surface area contributed by atoms with Gasteiger partial charge in [0.1, 0.15) is 0 Å². The number of rotatable bonds is 9. The lowest BCUT2D eigenvalue weighted by Gasteiger charge is -2.04. The van der Waals surface area contributed by atoms with E-state index in [9.17, 15) is 0 Å². The monoisotopic (exact) mass is 233 g/mol. The molecule has 0 heterocycles. The van der Waals surface area contributed by atoms with E-state index in [1.54, 1.807) is 0 Å². The second-order valence-corrected chi connectivity index (χ2v) is 4.77. The third kappa shape index (κ3) is 6.48. The Labute approximate surface area is 107 Å². The van der Waals surface area contributed by atoms with Crippen LogP contribution >= 0.6 is 0 Å². The van der Waals surface area contributed by atoms with E-state index in [1.807, 2.05) is 0 Å². The van der Waals surface area contributed by atoms with Crippen molar-refractivity contribution < 1.29 is 0 Å². The molecule has 0 aromatic heterocycles. The van der Waals surface area contributed by atoms with Crippen LogP contribution in [0, 0.1) is 0 Å². The second-order valence-electron chi connectivity index (χ2n) is 4.77. The predicted molar refractivity (Wildman–Crippen MR) is 76.5 cm³/mol. The third-order valence-electron chi connectivity index (χ3n) is 3.06. The Hall–Kier alpha value is -0.820. The molecule has 96 valence electrons. The molecule has 1 N–H and O–H groups in total. The van der Waals surface area contributed by atoms with E-state index in [-0.39, 0.29) is 0 Å². The zero-order valence-electron chi connectivity index (χ0n) is 11.5. The molecule has 0 aliphatic heterocycles. The van der Waals surface area contributed by atoms with Crippen LogP contribution in [0.15, 0.2) is 24.3 Å². The summed E-state index contributed by atoms with van der Waals surface area (Å²) in [5, 5.41) is 3.45. The standard InChI is InChI=1S/C16H27N/c1-3-7-15-9-11-16(12-10-15)8-5-6-14-17-13-4-2/h9-12,17H,3-8,13-14H2,1-2H3. The van der Waals surface area contributed by atoms with Crippen LogP contribution in [0.1, 0.15) is 50.7 Å². The maximum atomic E-state index is 3.45. The van der Waals surface area contributed by atoms with Crippen molar-refractivity contribution in [2.75, 3.05) is 13.1 Å². The first-order chi connectivity index (χ1) is 8.36. The fourth-order valence-corrected chi connectivity index (χ4v) is 2.04. The van der Waals surface area contributed by atoms with Crippen molar-refractivity contribution in [3.05, 3.63) is 35.4 Å². The van der Waals surface area contributed by atoms with Gasteiger partial charge in [-0.15, -0.1) is 0 Å². The van der Waals surface area contributed by atoms with E-state index in [4.69, 9.17) is 0 Å². The maximum Gasteiger partial charge on any atom is -0.00488 e. The summed E-state index contributed by atoms with van der Waals surface area (Å²) in [6.45, 7) is 6.77. The Bertz CT molecular complexity index is 276. The van der Waals surface area contributed by atoms with Crippen molar-refractivity contribution in [2.24, 2.45) is 0 Å². The van der Waals surface area contributed by atoms with Crippen molar-refractivity contribution >= 4 is 0 Å². The molecule has 1 aromatic carbocycles. The SMILES string of the molecule is CCCNCCCCc1ccc(CCC)cc1. The summed E-state index contributed by atoms with van der Waals surface area (Å²) in [7, 11) is 0. The largest absolute Gasteiger partial charge is 0.317 e. The fourth-order valence-electron chi connectivity index (χ4n) is 2.04. The molecule has 0 saturated carbocycles. The molecule has 1 heteroatoms. The first kappa shape index (κ1) is 14.2. The molecule has 0 saturated heterocycles. The Morgan fingerprint density at radius 1 is 0.765 bits per heavy atom. The molecule has 1 aromatic rings. The van der Waals surface area contributed by atoms with Gasteiger partial charge in [0, 0.05) is 0 Å². The lowest BCUT2D eigenvalue weighted by Crippen LogP contribution is -2.15. The molecule has 0 atom stereocenters. The Balaban J connectivity index is 2.14. The average Bonchev–Trinajstić information content (AvgIpc) is 2.36. The van der Waals surface area contributed by atoms with Crippen LogP contribution in [0.25, 0.3) is 0 Å². The summed E-state index contributed by atoms with van der Waals surface area (Å²) in [6.07, 6.45) is 7.49. The van der Waals surface area contributed by atoms with E-state index >= 15 is 0 Å². The summed E-state index contributed by atoms with van der Waals surface area (Å²) in [6, 6.07) is 9.16. The van der Waals surface area contributed by atoms with Crippen molar-refractivity contribution in [3.8, 4) is 0 Å². The molecule has 0 radical (unpaired) electrons. The number of hydrogen-bond donors (Lipinski definition) is 1. The Kier molecular flexibility index (Phi) is 7.74. The molecular formula is C16H27N. The number of hydrogen-bond acceptors (Lipinski definition) is 1. The molecule has 17 heavy (non-hydrogen) atoms. The number of aryl methyl sites for hydroxylation is 2. The number of nitrogens with one attached hydrogen (secondary N) is 1. The quantitative estimate of drug-likeness (QED) is 0.637. The van der Waals surface area contributed by atoms with E-state index in [2.05, 4.69) is 43.4 Å². The van der Waals surface area contributed by atoms with Crippen molar-refractivity contribution in [3.63, 3.8) is 0 Å². The van der Waals surface area contributed by atoms with Gasteiger partial charge in [-0.05, 0) is 56.3 Å². The minimum atomic E-state index is 1.16. The summed E-state index contributed by atoms with van der Waals surface area (Å²) in [5.74, 6) is 0. The topological polar surface area (TPSA) is 12.0 Å². The summed E-state index contributed by atoms with van der Waals surface area (Å²) < 4.78 is 0. The molecule has 0 aliphatic rings. The van der Waals surface area contributed by atoms with E-state index in [1.165, 1.54) is 56.2 Å². The highest BCUT2D eigenvalue weighted by Crippen LogP contribution is 2.09. The molecule has 0 amide bonds. The first-order valence-corrected chi connectivity index (χ1v) is 7.15. The van der Waals surface area contributed by atoms with E-state index < -0.39 is 0 Å². The van der Waals surface area contributed by atoms with Crippen LogP contribution in [-0.2, 0) is 12.8 Å². The summed E-state index contributed by atoms with van der Waals surface area (Å²) in [4.78, 5) is 0. The summed E-state index contributed by atoms with van der Waals surface area (Å²) in [5.41, 5.74) is 2.96. The van der Waals surface area contributed by atoms with Crippen LogP contribution < -0.4 is 5.32 Å². The highest BCUT2D eigenvalue weighted by atomic mass is 14.8. The van der Waals surface area contributed by atoms with Gasteiger partial charge >= 0.3 is 0 Å². The molecule has 0 unspecified atom stereocenters. The number of unbranched alkanes of at least 4 members (excludes halogenated alkanes) is 1. The zero-order chi connectivity index (χ0) is 12.3. The predicted octanol–water partition coefficient (Wildman–Crippen LogP) is 3.96. The fraction of sp³-hybridized carbons (Fsp3) is 0.625.